The number of nitrogens with one attached hydrogen (secondary N) is 2. The molecular formula is C18H19N3O4S. The molecule has 1 aliphatic rings. The summed E-state index contributed by atoms with van der Waals surface area (Å²) in [7, 11) is -3.67. The molecule has 3 N–H and O–H groups in total. The number of sulfonamides is 1. The summed E-state index contributed by atoms with van der Waals surface area (Å²) in [5.74, 6) is -0.530. The average molecular weight is 373 g/mol. The summed E-state index contributed by atoms with van der Waals surface area (Å²) in [6.45, 7) is 3.63. The SMILES string of the molecule is CC(C)C(N=C1NS(=O)(=O)c2ccccc21)C(=O)Nc1ccccc1O. The number of aromatic hydroxyl groups is 1. The molecule has 0 spiro atoms. The standard InChI is InChI=1S/C18H19N3O4S/c1-11(2)16(18(23)19-13-8-4-5-9-14(13)22)20-17-12-7-3-6-10-15(12)26(24,25)21-17/h3-11,16,22H,1-2H3,(H,19,23)(H,20,21). The molecule has 1 heterocycles. The quantitative estimate of drug-likeness (QED) is 0.713. The number of hydrogen-bond donors (Lipinski definition) is 3. The minimum Gasteiger partial charge on any atom is -0.506 e. The highest BCUT2D eigenvalue weighted by Gasteiger charge is 2.32. The van der Waals surface area contributed by atoms with Gasteiger partial charge in [0.05, 0.1) is 10.6 Å². The maximum atomic E-state index is 12.7. The fraction of sp³-hybridized carbons (Fsp3) is 0.222. The van der Waals surface area contributed by atoms with Gasteiger partial charge in [-0.1, -0.05) is 38.1 Å². The molecule has 7 nitrogen and oxygen atoms in total. The Morgan fingerprint density at radius 1 is 1.12 bits per heavy atom. The van der Waals surface area contributed by atoms with Gasteiger partial charge in [0.2, 0.25) is 5.91 Å². The largest absolute Gasteiger partial charge is 0.506 e. The van der Waals surface area contributed by atoms with Crippen molar-refractivity contribution in [3.05, 3.63) is 54.1 Å². The van der Waals surface area contributed by atoms with Gasteiger partial charge in [-0.25, -0.2) is 8.42 Å². The first-order valence-corrected chi connectivity index (χ1v) is 9.57. The molecule has 26 heavy (non-hydrogen) atoms. The third-order valence-corrected chi connectivity index (χ3v) is 5.39. The lowest BCUT2D eigenvalue weighted by molar-refractivity contribution is -0.118. The van der Waals surface area contributed by atoms with Crippen LogP contribution in [0.15, 0.2) is 58.4 Å². The molecule has 1 amide bonds. The predicted molar refractivity (Wildman–Crippen MR) is 98.7 cm³/mol. The summed E-state index contributed by atoms with van der Waals surface area (Å²) >= 11 is 0. The number of fused-ring (bicyclic) bond motifs is 1. The van der Waals surface area contributed by atoms with Crippen molar-refractivity contribution in [1.29, 1.82) is 0 Å². The number of anilines is 1. The molecule has 0 aromatic heterocycles. The molecule has 0 saturated heterocycles. The predicted octanol–water partition coefficient (Wildman–Crippen LogP) is 2.09. The second-order valence-corrected chi connectivity index (χ2v) is 7.93. The van der Waals surface area contributed by atoms with Gasteiger partial charge in [0.15, 0.2) is 0 Å². The number of nitrogens with zero attached hydrogens (tertiary/aromatic N) is 1. The van der Waals surface area contributed by atoms with E-state index < -0.39 is 22.0 Å². The van der Waals surface area contributed by atoms with Crippen LogP contribution in [0.5, 0.6) is 5.75 Å². The molecule has 1 atom stereocenters. The van der Waals surface area contributed by atoms with Crippen LogP contribution in [0, 0.1) is 5.92 Å². The van der Waals surface area contributed by atoms with E-state index >= 15 is 0 Å². The summed E-state index contributed by atoms with van der Waals surface area (Å²) in [6.07, 6.45) is 0. The third kappa shape index (κ3) is 3.41. The Hall–Kier alpha value is -2.87. The third-order valence-electron chi connectivity index (χ3n) is 3.99. The normalized spacial score (nSPS) is 17.6. The van der Waals surface area contributed by atoms with Crippen LogP contribution in [-0.2, 0) is 14.8 Å². The Balaban J connectivity index is 1.94. The van der Waals surface area contributed by atoms with Crippen LogP contribution in [0.1, 0.15) is 19.4 Å². The first-order valence-electron chi connectivity index (χ1n) is 8.08. The van der Waals surface area contributed by atoms with Crippen LogP contribution in [0.25, 0.3) is 0 Å². The molecule has 0 bridgehead atoms. The number of benzene rings is 2. The minimum atomic E-state index is -3.67. The first-order chi connectivity index (χ1) is 12.3. The van der Waals surface area contributed by atoms with Crippen molar-refractivity contribution in [2.24, 2.45) is 10.9 Å². The van der Waals surface area contributed by atoms with Gasteiger partial charge >= 0.3 is 0 Å². The van der Waals surface area contributed by atoms with Crippen molar-refractivity contribution in [2.45, 2.75) is 24.8 Å². The molecule has 1 unspecified atom stereocenters. The summed E-state index contributed by atoms with van der Waals surface area (Å²) in [5, 5.41) is 12.5. The highest BCUT2D eigenvalue weighted by atomic mass is 32.2. The number of hydrogen-bond acceptors (Lipinski definition) is 5. The maximum absolute atomic E-state index is 12.7. The Morgan fingerprint density at radius 3 is 2.46 bits per heavy atom. The lowest BCUT2D eigenvalue weighted by atomic mass is 10.0. The van der Waals surface area contributed by atoms with E-state index in [2.05, 4.69) is 15.0 Å². The van der Waals surface area contributed by atoms with Gasteiger partial charge in [-0.3, -0.25) is 14.5 Å². The average Bonchev–Trinajstić information content (AvgIpc) is 2.85. The monoisotopic (exact) mass is 373 g/mol. The molecule has 136 valence electrons. The summed E-state index contributed by atoms with van der Waals surface area (Å²) in [6, 6.07) is 12.0. The zero-order valence-electron chi connectivity index (χ0n) is 14.3. The van der Waals surface area contributed by atoms with Crippen LogP contribution < -0.4 is 10.0 Å². The van der Waals surface area contributed by atoms with Crippen LogP contribution in [0.2, 0.25) is 0 Å². The number of phenolic OH excluding ortho intramolecular Hbond substituents is 1. The molecule has 0 saturated carbocycles. The van der Waals surface area contributed by atoms with E-state index in [1.54, 1.807) is 36.4 Å². The Morgan fingerprint density at radius 2 is 1.77 bits per heavy atom. The van der Waals surface area contributed by atoms with Crippen LogP contribution >= 0.6 is 0 Å². The highest BCUT2D eigenvalue weighted by Crippen LogP contribution is 2.25. The van der Waals surface area contributed by atoms with Gasteiger partial charge in [-0.2, -0.15) is 0 Å². The van der Waals surface area contributed by atoms with Crippen molar-refractivity contribution in [3.8, 4) is 5.75 Å². The van der Waals surface area contributed by atoms with Crippen molar-refractivity contribution >= 4 is 27.5 Å². The zero-order valence-corrected chi connectivity index (χ0v) is 15.1. The zero-order chi connectivity index (χ0) is 18.9. The number of carbonyl (C=O) groups is 1. The molecule has 8 heteroatoms. The van der Waals surface area contributed by atoms with E-state index in [-0.39, 0.29) is 28.1 Å². The smallest absolute Gasteiger partial charge is 0.263 e. The van der Waals surface area contributed by atoms with Crippen molar-refractivity contribution < 1.29 is 18.3 Å². The van der Waals surface area contributed by atoms with E-state index in [1.165, 1.54) is 12.1 Å². The van der Waals surface area contributed by atoms with Gasteiger partial charge in [-0.05, 0) is 30.2 Å². The number of aliphatic imine (C=N–C) groups is 1. The van der Waals surface area contributed by atoms with E-state index in [0.29, 0.717) is 5.56 Å². The van der Waals surface area contributed by atoms with Crippen molar-refractivity contribution in [1.82, 2.24) is 4.72 Å². The number of para-hydroxylation sites is 2. The van der Waals surface area contributed by atoms with E-state index in [9.17, 15) is 18.3 Å². The van der Waals surface area contributed by atoms with Crippen LogP contribution in [-0.4, -0.2) is 31.3 Å². The lowest BCUT2D eigenvalue weighted by Crippen LogP contribution is -2.34. The molecular weight excluding hydrogens is 354 g/mol. The Labute approximate surface area is 151 Å². The van der Waals surface area contributed by atoms with E-state index in [0.717, 1.165) is 0 Å². The molecule has 0 fully saturated rings. The molecule has 1 aliphatic heterocycles. The Bertz CT molecular complexity index is 983. The summed E-state index contributed by atoms with van der Waals surface area (Å²) in [5.41, 5.74) is 0.712. The second kappa shape index (κ2) is 6.80. The fourth-order valence-corrected chi connectivity index (χ4v) is 3.90. The van der Waals surface area contributed by atoms with Gasteiger partial charge in [0.25, 0.3) is 10.0 Å². The van der Waals surface area contributed by atoms with Crippen molar-refractivity contribution in [3.63, 3.8) is 0 Å². The van der Waals surface area contributed by atoms with Crippen LogP contribution in [0.3, 0.4) is 0 Å². The van der Waals surface area contributed by atoms with E-state index in [4.69, 9.17) is 0 Å². The molecule has 2 aromatic carbocycles. The summed E-state index contributed by atoms with van der Waals surface area (Å²) < 4.78 is 26.8. The number of carbonyl (C=O) groups excluding carboxylic acids is 1. The number of amides is 1. The molecule has 0 radical (unpaired) electrons. The van der Waals surface area contributed by atoms with Gasteiger partial charge in [0, 0.05) is 5.56 Å². The number of rotatable bonds is 4. The summed E-state index contributed by atoms with van der Waals surface area (Å²) in [4.78, 5) is 17.2. The van der Waals surface area contributed by atoms with Crippen molar-refractivity contribution in [2.75, 3.05) is 5.32 Å². The lowest BCUT2D eigenvalue weighted by Gasteiger charge is -2.17. The maximum Gasteiger partial charge on any atom is 0.263 e. The number of phenols is 1. The molecule has 3 rings (SSSR count). The van der Waals surface area contributed by atoms with Gasteiger partial charge in [0.1, 0.15) is 17.6 Å². The van der Waals surface area contributed by atoms with Gasteiger partial charge < -0.3 is 10.4 Å². The Kier molecular flexibility index (Phi) is 4.69. The molecule has 0 aliphatic carbocycles. The first kappa shape index (κ1) is 17.9. The highest BCUT2D eigenvalue weighted by molar-refractivity contribution is 7.90. The second-order valence-electron chi connectivity index (χ2n) is 6.27. The van der Waals surface area contributed by atoms with Gasteiger partial charge in [-0.15, -0.1) is 0 Å². The molecule has 2 aromatic rings. The number of amidine groups is 1. The van der Waals surface area contributed by atoms with E-state index in [1.807, 2.05) is 13.8 Å². The minimum absolute atomic E-state index is 0.0528. The van der Waals surface area contributed by atoms with Crippen LogP contribution in [0.4, 0.5) is 5.69 Å². The topological polar surface area (TPSA) is 108 Å². The fourth-order valence-electron chi connectivity index (χ4n) is 2.67.